The molecule has 174 valence electrons. The molecule has 0 aliphatic carbocycles. The Bertz CT molecular complexity index is 1340. The molecule has 1 N–H and O–H groups in total. The Labute approximate surface area is 203 Å². The van der Waals surface area contributed by atoms with Gasteiger partial charge < -0.3 is 10.2 Å². The molecule has 1 aromatic heterocycles. The highest BCUT2D eigenvalue weighted by Crippen LogP contribution is 2.24. The topological polar surface area (TPSA) is 67.2 Å². The van der Waals surface area contributed by atoms with Gasteiger partial charge in [0, 0.05) is 24.7 Å². The minimum Gasteiger partial charge on any atom is -0.334 e. The Hall–Kier alpha value is -3.64. The van der Waals surface area contributed by atoms with Crippen LogP contribution in [0.3, 0.4) is 0 Å². The number of rotatable bonds is 7. The summed E-state index contributed by atoms with van der Waals surface area (Å²) in [6.07, 6.45) is 0. The number of amides is 2. The molecule has 0 bridgehead atoms. The summed E-state index contributed by atoms with van der Waals surface area (Å²) < 4.78 is 1.63. The second-order valence-electron chi connectivity index (χ2n) is 8.11. The van der Waals surface area contributed by atoms with Crippen LogP contribution in [0.15, 0.2) is 83.7 Å². The number of fused-ring (bicyclic) bond motifs is 1. The summed E-state index contributed by atoms with van der Waals surface area (Å²) in [7, 11) is 0. The van der Waals surface area contributed by atoms with Crippen molar-refractivity contribution in [1.82, 2.24) is 19.8 Å². The van der Waals surface area contributed by atoms with Crippen molar-refractivity contribution in [2.24, 2.45) is 0 Å². The number of halogens is 1. The van der Waals surface area contributed by atoms with Gasteiger partial charge in [-0.15, -0.1) is 0 Å². The van der Waals surface area contributed by atoms with E-state index in [9.17, 15) is 9.59 Å². The minimum atomic E-state index is -0.466. The molecule has 0 radical (unpaired) electrons. The molecule has 0 aliphatic heterocycles. The molecule has 0 saturated heterocycles. The van der Waals surface area contributed by atoms with Gasteiger partial charge >= 0.3 is 6.03 Å². The van der Waals surface area contributed by atoms with E-state index < -0.39 is 6.04 Å². The SMILES string of the molecule is CCn1c(C(C)N(Cc2ccccc2)C(=O)NCc2ccccc2)nc2cc(Cl)ccc2c1=O. The van der Waals surface area contributed by atoms with Crippen molar-refractivity contribution in [3.05, 3.63) is 111 Å². The van der Waals surface area contributed by atoms with E-state index in [4.69, 9.17) is 16.6 Å². The smallest absolute Gasteiger partial charge is 0.318 e. The highest BCUT2D eigenvalue weighted by Gasteiger charge is 2.26. The predicted molar refractivity (Wildman–Crippen MR) is 136 cm³/mol. The molecule has 1 atom stereocenters. The van der Waals surface area contributed by atoms with E-state index in [-0.39, 0.29) is 11.6 Å². The number of carbonyl (C=O) groups is 1. The van der Waals surface area contributed by atoms with Crippen LogP contribution >= 0.6 is 11.6 Å². The summed E-state index contributed by atoms with van der Waals surface area (Å²) in [5.74, 6) is 0.521. The maximum atomic E-state index is 13.4. The minimum absolute atomic E-state index is 0.143. The quantitative estimate of drug-likeness (QED) is 0.382. The lowest BCUT2D eigenvalue weighted by atomic mass is 10.1. The number of aromatic nitrogens is 2. The average molecular weight is 475 g/mol. The highest BCUT2D eigenvalue weighted by molar-refractivity contribution is 6.31. The summed E-state index contributed by atoms with van der Waals surface area (Å²) in [5.41, 5.74) is 2.37. The van der Waals surface area contributed by atoms with E-state index in [0.29, 0.717) is 41.4 Å². The molecule has 4 rings (SSSR count). The van der Waals surface area contributed by atoms with Crippen molar-refractivity contribution in [3.8, 4) is 0 Å². The third-order valence-corrected chi connectivity index (χ3v) is 6.08. The highest BCUT2D eigenvalue weighted by atomic mass is 35.5. The Balaban J connectivity index is 1.72. The number of urea groups is 1. The number of nitrogens with one attached hydrogen (secondary N) is 1. The Morgan fingerprint density at radius 2 is 1.68 bits per heavy atom. The van der Waals surface area contributed by atoms with Crippen LogP contribution in [0, 0.1) is 0 Å². The van der Waals surface area contributed by atoms with E-state index >= 15 is 0 Å². The summed E-state index contributed by atoms with van der Waals surface area (Å²) in [6, 6.07) is 23.9. The fraction of sp³-hybridized carbons (Fsp3) is 0.222. The summed E-state index contributed by atoms with van der Waals surface area (Å²) in [6.45, 7) is 5.01. The zero-order chi connectivity index (χ0) is 24.1. The van der Waals surface area contributed by atoms with Crippen molar-refractivity contribution in [3.63, 3.8) is 0 Å². The van der Waals surface area contributed by atoms with Crippen LogP contribution in [0.4, 0.5) is 4.79 Å². The molecule has 3 aromatic carbocycles. The van der Waals surface area contributed by atoms with Gasteiger partial charge in [-0.1, -0.05) is 72.3 Å². The van der Waals surface area contributed by atoms with E-state index in [1.165, 1.54) is 0 Å². The van der Waals surface area contributed by atoms with Crippen LogP contribution < -0.4 is 10.9 Å². The van der Waals surface area contributed by atoms with Crippen LogP contribution in [-0.4, -0.2) is 20.5 Å². The number of nitrogens with zero attached hydrogens (tertiary/aromatic N) is 3. The molecule has 2 amide bonds. The van der Waals surface area contributed by atoms with Crippen LogP contribution in [-0.2, 0) is 19.6 Å². The van der Waals surface area contributed by atoms with Crippen molar-refractivity contribution in [2.45, 2.75) is 39.5 Å². The average Bonchev–Trinajstić information content (AvgIpc) is 2.86. The number of benzene rings is 3. The fourth-order valence-corrected chi connectivity index (χ4v) is 4.18. The summed E-state index contributed by atoms with van der Waals surface area (Å²) >= 11 is 6.17. The van der Waals surface area contributed by atoms with E-state index in [1.54, 1.807) is 27.7 Å². The molecular weight excluding hydrogens is 448 g/mol. The Morgan fingerprint density at radius 1 is 1.03 bits per heavy atom. The molecule has 0 aliphatic rings. The lowest BCUT2D eigenvalue weighted by Crippen LogP contribution is -2.42. The normalized spacial score (nSPS) is 11.9. The predicted octanol–water partition coefficient (Wildman–Crippen LogP) is 5.54. The number of carbonyl (C=O) groups excluding carboxylic acids is 1. The van der Waals surface area contributed by atoms with Crippen molar-refractivity contribution in [1.29, 1.82) is 0 Å². The molecule has 0 saturated carbocycles. The third kappa shape index (κ3) is 5.13. The van der Waals surface area contributed by atoms with Gasteiger partial charge in [-0.3, -0.25) is 9.36 Å². The van der Waals surface area contributed by atoms with Gasteiger partial charge in [0.15, 0.2) is 0 Å². The second-order valence-corrected chi connectivity index (χ2v) is 8.55. The maximum Gasteiger partial charge on any atom is 0.318 e. The van der Waals surface area contributed by atoms with E-state index in [2.05, 4.69) is 5.32 Å². The molecule has 0 spiro atoms. The first kappa shape index (κ1) is 23.5. The van der Waals surface area contributed by atoms with Crippen LogP contribution in [0.25, 0.3) is 10.9 Å². The van der Waals surface area contributed by atoms with Gasteiger partial charge in [0.25, 0.3) is 5.56 Å². The van der Waals surface area contributed by atoms with Gasteiger partial charge in [-0.25, -0.2) is 9.78 Å². The Kier molecular flexibility index (Phi) is 7.28. The first-order valence-corrected chi connectivity index (χ1v) is 11.7. The van der Waals surface area contributed by atoms with Gasteiger partial charge in [0.05, 0.1) is 16.9 Å². The van der Waals surface area contributed by atoms with Crippen LogP contribution in [0.5, 0.6) is 0 Å². The second kappa shape index (κ2) is 10.5. The first-order chi connectivity index (χ1) is 16.5. The van der Waals surface area contributed by atoms with Gasteiger partial charge in [-0.2, -0.15) is 0 Å². The summed E-state index contributed by atoms with van der Waals surface area (Å²) in [5, 5.41) is 4.03. The zero-order valence-corrected chi connectivity index (χ0v) is 20.0. The molecule has 7 heteroatoms. The molecular formula is C27H27ClN4O2. The molecule has 34 heavy (non-hydrogen) atoms. The van der Waals surface area contributed by atoms with Crippen LogP contribution in [0.1, 0.15) is 36.8 Å². The number of hydrogen-bond acceptors (Lipinski definition) is 3. The van der Waals surface area contributed by atoms with Gasteiger partial charge in [0.1, 0.15) is 5.82 Å². The monoisotopic (exact) mass is 474 g/mol. The molecule has 1 heterocycles. The Morgan fingerprint density at radius 3 is 2.32 bits per heavy atom. The first-order valence-electron chi connectivity index (χ1n) is 11.3. The lowest BCUT2D eigenvalue weighted by Gasteiger charge is -2.30. The van der Waals surface area contributed by atoms with Crippen molar-refractivity contribution >= 4 is 28.5 Å². The van der Waals surface area contributed by atoms with Gasteiger partial charge in [-0.05, 0) is 43.2 Å². The van der Waals surface area contributed by atoms with Gasteiger partial charge in [0.2, 0.25) is 0 Å². The zero-order valence-electron chi connectivity index (χ0n) is 19.2. The van der Waals surface area contributed by atoms with Crippen molar-refractivity contribution < 1.29 is 4.79 Å². The summed E-state index contributed by atoms with van der Waals surface area (Å²) in [4.78, 5) is 33.1. The molecule has 4 aromatic rings. The number of hydrogen-bond donors (Lipinski definition) is 1. The van der Waals surface area contributed by atoms with E-state index in [0.717, 1.165) is 11.1 Å². The molecule has 6 nitrogen and oxygen atoms in total. The fourth-order valence-electron chi connectivity index (χ4n) is 4.02. The molecule has 0 fully saturated rings. The standard InChI is InChI=1S/C27H27ClN4O2/c1-3-31-25(30-24-16-22(28)14-15-23(24)26(31)33)19(2)32(18-21-12-8-5-9-13-21)27(34)29-17-20-10-6-4-7-11-20/h4-16,19H,3,17-18H2,1-2H3,(H,29,34). The van der Waals surface area contributed by atoms with Crippen LogP contribution in [0.2, 0.25) is 5.02 Å². The van der Waals surface area contributed by atoms with Crippen molar-refractivity contribution in [2.75, 3.05) is 0 Å². The lowest BCUT2D eigenvalue weighted by molar-refractivity contribution is 0.170. The maximum absolute atomic E-state index is 13.4. The van der Waals surface area contributed by atoms with E-state index in [1.807, 2.05) is 74.5 Å². The molecule has 1 unspecified atom stereocenters. The third-order valence-electron chi connectivity index (χ3n) is 5.85. The largest absolute Gasteiger partial charge is 0.334 e.